The summed E-state index contributed by atoms with van der Waals surface area (Å²) in [5, 5.41) is 0. The highest BCUT2D eigenvalue weighted by molar-refractivity contribution is 5.92. The van der Waals surface area contributed by atoms with E-state index >= 15 is 0 Å². The van der Waals surface area contributed by atoms with Gasteiger partial charge in [-0.25, -0.2) is 0 Å². The fourth-order valence-electron chi connectivity index (χ4n) is 3.01. The van der Waals surface area contributed by atoms with E-state index in [1.165, 1.54) is 12.8 Å². The standard InChI is InChI=1S/C14H24O/c1-6-7-12(15)13-10(2)8-9-11(3)14(13,4)5/h6-7,10-11,13H,8-9H2,1-5H3. The van der Waals surface area contributed by atoms with E-state index in [2.05, 4.69) is 27.7 Å². The molecule has 0 aromatic carbocycles. The van der Waals surface area contributed by atoms with Gasteiger partial charge in [-0.15, -0.1) is 0 Å². The van der Waals surface area contributed by atoms with Crippen molar-refractivity contribution in [2.75, 3.05) is 0 Å². The molecule has 86 valence electrons. The molecule has 0 aromatic heterocycles. The summed E-state index contributed by atoms with van der Waals surface area (Å²) in [6.45, 7) is 10.9. The first-order chi connectivity index (χ1) is 6.91. The number of hydrogen-bond donors (Lipinski definition) is 0. The molecule has 0 aliphatic heterocycles. The molecule has 0 spiro atoms. The van der Waals surface area contributed by atoms with Crippen LogP contribution in [0.1, 0.15) is 47.5 Å². The molecule has 1 rings (SSSR count). The maximum atomic E-state index is 12.1. The lowest BCUT2D eigenvalue weighted by atomic mass is 9.58. The van der Waals surface area contributed by atoms with Crippen LogP contribution in [0.4, 0.5) is 0 Å². The van der Waals surface area contributed by atoms with Crippen molar-refractivity contribution < 1.29 is 4.79 Å². The van der Waals surface area contributed by atoms with Crippen molar-refractivity contribution >= 4 is 5.78 Å². The first-order valence-corrected chi connectivity index (χ1v) is 6.07. The number of rotatable bonds is 2. The first kappa shape index (κ1) is 12.5. The molecule has 1 heteroatoms. The van der Waals surface area contributed by atoms with Gasteiger partial charge in [-0.3, -0.25) is 4.79 Å². The summed E-state index contributed by atoms with van der Waals surface area (Å²) in [5.41, 5.74) is 0.147. The lowest BCUT2D eigenvalue weighted by Crippen LogP contribution is -2.43. The summed E-state index contributed by atoms with van der Waals surface area (Å²) in [7, 11) is 0. The minimum absolute atomic E-state index is 0.147. The number of carbonyl (C=O) groups excluding carboxylic acids is 1. The molecule has 0 N–H and O–H groups in total. The van der Waals surface area contributed by atoms with Gasteiger partial charge in [0, 0.05) is 5.92 Å². The third-order valence-electron chi connectivity index (χ3n) is 4.33. The number of hydrogen-bond acceptors (Lipinski definition) is 1. The highest BCUT2D eigenvalue weighted by Crippen LogP contribution is 2.48. The summed E-state index contributed by atoms with van der Waals surface area (Å²) in [5.74, 6) is 1.70. The van der Waals surface area contributed by atoms with E-state index in [1.807, 2.05) is 13.0 Å². The smallest absolute Gasteiger partial charge is 0.159 e. The first-order valence-electron chi connectivity index (χ1n) is 6.07. The van der Waals surface area contributed by atoms with Crippen LogP contribution in [-0.4, -0.2) is 5.78 Å². The highest BCUT2D eigenvalue weighted by atomic mass is 16.1. The van der Waals surface area contributed by atoms with Gasteiger partial charge in [0.05, 0.1) is 0 Å². The normalized spacial score (nSPS) is 35.7. The minimum atomic E-state index is 0.147. The Bertz CT molecular complexity index is 263. The molecule has 0 heterocycles. The van der Waals surface area contributed by atoms with Crippen LogP contribution >= 0.6 is 0 Å². The second kappa shape index (κ2) is 4.51. The fourth-order valence-corrected chi connectivity index (χ4v) is 3.01. The third kappa shape index (κ3) is 2.32. The monoisotopic (exact) mass is 208 g/mol. The third-order valence-corrected chi connectivity index (χ3v) is 4.33. The lowest BCUT2D eigenvalue weighted by molar-refractivity contribution is -0.127. The Morgan fingerprint density at radius 1 is 1.27 bits per heavy atom. The van der Waals surface area contributed by atoms with Gasteiger partial charge >= 0.3 is 0 Å². The molecule has 0 bridgehead atoms. The van der Waals surface area contributed by atoms with E-state index in [0.717, 1.165) is 0 Å². The highest BCUT2D eigenvalue weighted by Gasteiger charge is 2.44. The molecule has 1 aliphatic rings. The Hall–Kier alpha value is -0.590. The molecule has 1 fully saturated rings. The van der Waals surface area contributed by atoms with Gasteiger partial charge in [0.2, 0.25) is 0 Å². The quantitative estimate of drug-likeness (QED) is 0.630. The molecule has 0 amide bonds. The zero-order chi connectivity index (χ0) is 11.6. The zero-order valence-electron chi connectivity index (χ0n) is 10.7. The van der Waals surface area contributed by atoms with Gasteiger partial charge in [-0.2, -0.15) is 0 Å². The summed E-state index contributed by atoms with van der Waals surface area (Å²) in [4.78, 5) is 12.1. The van der Waals surface area contributed by atoms with Gasteiger partial charge in [0.1, 0.15) is 0 Å². The lowest BCUT2D eigenvalue weighted by Gasteiger charge is -2.46. The molecule has 15 heavy (non-hydrogen) atoms. The van der Waals surface area contributed by atoms with Crippen LogP contribution in [0.5, 0.6) is 0 Å². The van der Waals surface area contributed by atoms with E-state index in [1.54, 1.807) is 6.08 Å². The fraction of sp³-hybridized carbons (Fsp3) is 0.786. The molecule has 0 saturated heterocycles. The Morgan fingerprint density at radius 2 is 1.87 bits per heavy atom. The molecule has 3 atom stereocenters. The van der Waals surface area contributed by atoms with Crippen LogP contribution in [0.25, 0.3) is 0 Å². The largest absolute Gasteiger partial charge is 0.295 e. The van der Waals surface area contributed by atoms with Crippen LogP contribution in [0.3, 0.4) is 0 Å². The Balaban J connectivity index is 2.95. The van der Waals surface area contributed by atoms with Crippen molar-refractivity contribution in [1.82, 2.24) is 0 Å². The maximum Gasteiger partial charge on any atom is 0.159 e. The van der Waals surface area contributed by atoms with Crippen LogP contribution in [-0.2, 0) is 4.79 Å². The number of allylic oxidation sites excluding steroid dienone is 2. The average Bonchev–Trinajstić information content (AvgIpc) is 2.12. The molecular weight excluding hydrogens is 184 g/mol. The van der Waals surface area contributed by atoms with E-state index < -0.39 is 0 Å². The summed E-state index contributed by atoms with van der Waals surface area (Å²) in [6, 6.07) is 0. The van der Waals surface area contributed by atoms with Crippen molar-refractivity contribution in [3.8, 4) is 0 Å². The zero-order valence-corrected chi connectivity index (χ0v) is 10.7. The molecule has 1 nitrogen and oxygen atoms in total. The molecule has 0 aromatic rings. The number of carbonyl (C=O) groups is 1. The van der Waals surface area contributed by atoms with E-state index in [9.17, 15) is 4.79 Å². The second-order valence-corrected chi connectivity index (χ2v) is 5.66. The van der Waals surface area contributed by atoms with Crippen molar-refractivity contribution in [3.05, 3.63) is 12.2 Å². The second-order valence-electron chi connectivity index (χ2n) is 5.66. The van der Waals surface area contributed by atoms with Crippen LogP contribution in [0.15, 0.2) is 12.2 Å². The van der Waals surface area contributed by atoms with Crippen LogP contribution in [0, 0.1) is 23.2 Å². The molecular formula is C14H24O. The number of ketones is 1. The van der Waals surface area contributed by atoms with Gasteiger partial charge in [0.15, 0.2) is 5.78 Å². The minimum Gasteiger partial charge on any atom is -0.295 e. The topological polar surface area (TPSA) is 17.1 Å². The van der Waals surface area contributed by atoms with Crippen LogP contribution < -0.4 is 0 Å². The Morgan fingerprint density at radius 3 is 2.40 bits per heavy atom. The van der Waals surface area contributed by atoms with Crippen LogP contribution in [0.2, 0.25) is 0 Å². The van der Waals surface area contributed by atoms with Gasteiger partial charge in [-0.1, -0.05) is 33.8 Å². The predicted octanol–water partition coefficient (Wildman–Crippen LogP) is 3.84. The van der Waals surface area contributed by atoms with E-state index in [-0.39, 0.29) is 11.3 Å². The van der Waals surface area contributed by atoms with Crippen molar-refractivity contribution in [1.29, 1.82) is 0 Å². The Labute approximate surface area is 93.9 Å². The van der Waals surface area contributed by atoms with Gasteiger partial charge in [0.25, 0.3) is 0 Å². The van der Waals surface area contributed by atoms with E-state index in [0.29, 0.717) is 17.6 Å². The van der Waals surface area contributed by atoms with Crippen molar-refractivity contribution in [3.63, 3.8) is 0 Å². The molecule has 1 aliphatic carbocycles. The molecule has 3 unspecified atom stereocenters. The van der Waals surface area contributed by atoms with Crippen molar-refractivity contribution in [2.45, 2.75) is 47.5 Å². The van der Waals surface area contributed by atoms with E-state index in [4.69, 9.17) is 0 Å². The maximum absolute atomic E-state index is 12.1. The SMILES string of the molecule is CC=CC(=O)C1C(C)CCC(C)C1(C)C. The van der Waals surface area contributed by atoms with Crippen molar-refractivity contribution in [2.24, 2.45) is 23.2 Å². The summed E-state index contributed by atoms with van der Waals surface area (Å²) in [6.07, 6.45) is 6.07. The average molecular weight is 208 g/mol. The molecule has 1 saturated carbocycles. The van der Waals surface area contributed by atoms with Gasteiger partial charge < -0.3 is 0 Å². The summed E-state index contributed by atoms with van der Waals surface area (Å²) >= 11 is 0. The molecule has 0 radical (unpaired) electrons. The van der Waals surface area contributed by atoms with Gasteiger partial charge in [-0.05, 0) is 43.1 Å². The predicted molar refractivity (Wildman–Crippen MR) is 64.7 cm³/mol. The Kier molecular flexibility index (Phi) is 3.75. The summed E-state index contributed by atoms with van der Waals surface area (Å²) < 4.78 is 0.